The number of ketones is 1. The minimum Gasteiger partial charge on any atom is -0.493 e. The van der Waals surface area contributed by atoms with Gasteiger partial charge in [-0.1, -0.05) is 0 Å². The molecule has 0 saturated carbocycles. The Morgan fingerprint density at radius 1 is 1.15 bits per heavy atom. The van der Waals surface area contributed by atoms with Crippen LogP contribution in [0.1, 0.15) is 41.6 Å². The van der Waals surface area contributed by atoms with Crippen LogP contribution < -0.4 is 4.74 Å². The molecule has 0 aliphatic carbocycles. The van der Waals surface area contributed by atoms with Crippen LogP contribution in [0, 0.1) is 12.0 Å². The number of ether oxygens (including phenoxy) is 1. The molecule has 1 aromatic rings. The smallest absolute Gasteiger partial charge is 0.237 e. The lowest BCUT2D eigenvalue weighted by molar-refractivity contribution is 0.105. The number of fused-ring (bicyclic) bond motifs is 1. The van der Waals surface area contributed by atoms with Crippen LogP contribution in [0.25, 0.3) is 0 Å². The van der Waals surface area contributed by atoms with Crippen molar-refractivity contribution in [3.63, 3.8) is 0 Å². The van der Waals surface area contributed by atoms with E-state index in [1.165, 1.54) is 19.3 Å². The average Bonchev–Trinajstić information content (AvgIpc) is 2.53. The van der Waals surface area contributed by atoms with Gasteiger partial charge in [-0.15, -0.1) is 0 Å². The zero-order valence-corrected chi connectivity index (χ0v) is 11.7. The highest BCUT2D eigenvalue weighted by molar-refractivity contribution is 6.09. The van der Waals surface area contributed by atoms with Gasteiger partial charge in [0, 0.05) is 24.7 Å². The van der Waals surface area contributed by atoms with Gasteiger partial charge in [0.2, 0.25) is 5.78 Å². The molecular formula is C17H19NO2. The minimum absolute atomic E-state index is 0.0936. The molecule has 104 valence electrons. The SMILES string of the molecule is O=C(C#CN1CCCCC1)c1ccc2c(c1)CCCO2. The molecule has 2 aliphatic rings. The van der Waals surface area contributed by atoms with E-state index in [9.17, 15) is 4.79 Å². The number of piperidine rings is 1. The van der Waals surface area contributed by atoms with Crippen LogP contribution in [0.3, 0.4) is 0 Å². The van der Waals surface area contributed by atoms with Crippen molar-refractivity contribution >= 4 is 5.78 Å². The molecule has 0 N–H and O–H groups in total. The number of rotatable bonds is 1. The highest BCUT2D eigenvalue weighted by atomic mass is 16.5. The first-order valence-corrected chi connectivity index (χ1v) is 7.39. The molecule has 2 aliphatic heterocycles. The summed E-state index contributed by atoms with van der Waals surface area (Å²) in [4.78, 5) is 14.2. The predicted molar refractivity (Wildman–Crippen MR) is 77.8 cm³/mol. The van der Waals surface area contributed by atoms with E-state index < -0.39 is 0 Å². The van der Waals surface area contributed by atoms with Crippen molar-refractivity contribution in [3.05, 3.63) is 29.3 Å². The van der Waals surface area contributed by atoms with Gasteiger partial charge in [0.05, 0.1) is 6.61 Å². The summed E-state index contributed by atoms with van der Waals surface area (Å²) in [6.45, 7) is 2.74. The van der Waals surface area contributed by atoms with E-state index in [1.807, 2.05) is 18.2 Å². The molecule has 0 radical (unpaired) electrons. The maximum Gasteiger partial charge on any atom is 0.237 e. The fourth-order valence-corrected chi connectivity index (χ4v) is 2.71. The Kier molecular flexibility index (Phi) is 3.92. The fourth-order valence-electron chi connectivity index (χ4n) is 2.71. The van der Waals surface area contributed by atoms with Crippen LogP contribution in [0.5, 0.6) is 5.75 Å². The van der Waals surface area contributed by atoms with E-state index in [1.54, 1.807) is 0 Å². The monoisotopic (exact) mass is 269 g/mol. The molecule has 3 heteroatoms. The molecule has 1 saturated heterocycles. The van der Waals surface area contributed by atoms with Gasteiger partial charge in [-0.3, -0.25) is 4.79 Å². The van der Waals surface area contributed by atoms with Crippen molar-refractivity contribution in [2.24, 2.45) is 0 Å². The van der Waals surface area contributed by atoms with Crippen molar-refractivity contribution in [2.75, 3.05) is 19.7 Å². The van der Waals surface area contributed by atoms with Gasteiger partial charge in [-0.25, -0.2) is 0 Å². The molecule has 0 unspecified atom stereocenters. The lowest BCUT2D eigenvalue weighted by atomic mass is 10.0. The molecule has 0 aromatic heterocycles. The molecule has 3 rings (SSSR count). The molecule has 20 heavy (non-hydrogen) atoms. The second kappa shape index (κ2) is 6.00. The van der Waals surface area contributed by atoms with Crippen molar-refractivity contribution in [2.45, 2.75) is 32.1 Å². The average molecular weight is 269 g/mol. The highest BCUT2D eigenvalue weighted by Gasteiger charge is 2.13. The summed E-state index contributed by atoms with van der Waals surface area (Å²) in [5.41, 5.74) is 1.81. The van der Waals surface area contributed by atoms with Gasteiger partial charge in [0.25, 0.3) is 0 Å². The summed E-state index contributed by atoms with van der Waals surface area (Å²) in [5.74, 6) is 3.59. The van der Waals surface area contributed by atoms with Crippen molar-refractivity contribution in [3.8, 4) is 17.7 Å². The third kappa shape index (κ3) is 2.96. The van der Waals surface area contributed by atoms with Crippen LogP contribution in [0.2, 0.25) is 0 Å². The Bertz CT molecular complexity index is 562. The topological polar surface area (TPSA) is 29.5 Å². The van der Waals surface area contributed by atoms with Gasteiger partial charge in [0.1, 0.15) is 5.75 Å². The van der Waals surface area contributed by atoms with Gasteiger partial charge < -0.3 is 9.64 Å². The number of Topliss-reactive ketones (excluding diaryl/α,β-unsaturated/α-hetero) is 1. The number of aryl methyl sites for hydroxylation is 1. The molecule has 2 heterocycles. The lowest BCUT2D eigenvalue weighted by Crippen LogP contribution is -2.25. The Balaban J connectivity index is 1.72. The molecule has 1 fully saturated rings. The zero-order valence-electron chi connectivity index (χ0n) is 11.7. The summed E-state index contributed by atoms with van der Waals surface area (Å²) in [5, 5.41) is 0. The van der Waals surface area contributed by atoms with Crippen molar-refractivity contribution < 1.29 is 9.53 Å². The molecular weight excluding hydrogens is 250 g/mol. The predicted octanol–water partition coefficient (Wildman–Crippen LogP) is 2.64. The molecule has 0 amide bonds. The highest BCUT2D eigenvalue weighted by Crippen LogP contribution is 2.25. The van der Waals surface area contributed by atoms with Crippen LogP contribution in [-0.2, 0) is 6.42 Å². The second-order valence-corrected chi connectivity index (χ2v) is 5.39. The lowest BCUT2D eigenvalue weighted by Gasteiger charge is -2.21. The van der Waals surface area contributed by atoms with Crippen molar-refractivity contribution in [1.82, 2.24) is 4.90 Å². The number of hydrogen-bond donors (Lipinski definition) is 0. The van der Waals surface area contributed by atoms with Crippen molar-refractivity contribution in [1.29, 1.82) is 0 Å². The summed E-state index contributed by atoms with van der Waals surface area (Å²) < 4.78 is 5.56. The third-order valence-electron chi connectivity index (χ3n) is 3.85. The summed E-state index contributed by atoms with van der Waals surface area (Å²) in [7, 11) is 0. The molecule has 1 aromatic carbocycles. The molecule has 0 spiro atoms. The third-order valence-corrected chi connectivity index (χ3v) is 3.85. The van der Waals surface area contributed by atoms with E-state index >= 15 is 0 Å². The van der Waals surface area contributed by atoms with E-state index in [-0.39, 0.29) is 5.78 Å². The number of carbonyl (C=O) groups excluding carboxylic acids is 1. The first-order chi connectivity index (χ1) is 9.83. The largest absolute Gasteiger partial charge is 0.493 e. The van der Waals surface area contributed by atoms with Crippen LogP contribution in [0.4, 0.5) is 0 Å². The second-order valence-electron chi connectivity index (χ2n) is 5.39. The summed E-state index contributed by atoms with van der Waals surface area (Å²) in [6, 6.07) is 8.64. The number of benzene rings is 1. The Morgan fingerprint density at radius 3 is 2.85 bits per heavy atom. The van der Waals surface area contributed by atoms with Gasteiger partial charge >= 0.3 is 0 Å². The molecule has 0 bridgehead atoms. The number of likely N-dealkylation sites (tertiary alicyclic amines) is 1. The quantitative estimate of drug-likeness (QED) is 0.580. The van der Waals surface area contributed by atoms with Gasteiger partial charge in [0.15, 0.2) is 0 Å². The Morgan fingerprint density at radius 2 is 2.00 bits per heavy atom. The van der Waals surface area contributed by atoms with E-state index in [2.05, 4.69) is 16.9 Å². The maximum absolute atomic E-state index is 12.1. The van der Waals surface area contributed by atoms with Crippen LogP contribution in [-0.4, -0.2) is 30.4 Å². The number of hydrogen-bond acceptors (Lipinski definition) is 3. The van der Waals surface area contributed by atoms with Crippen LogP contribution in [0.15, 0.2) is 18.2 Å². The standard InChI is InChI=1S/C17H19NO2/c19-16(8-11-18-9-2-1-3-10-18)14-6-7-17-15(13-14)5-4-12-20-17/h6-7,13H,1-5,9-10,12H2. The van der Waals surface area contributed by atoms with Gasteiger partial charge in [-0.05, 0) is 61.8 Å². The maximum atomic E-state index is 12.1. The van der Waals surface area contributed by atoms with Gasteiger partial charge in [-0.2, -0.15) is 0 Å². The minimum atomic E-state index is -0.0936. The number of nitrogens with zero attached hydrogens (tertiary/aromatic N) is 1. The number of carbonyl (C=O) groups is 1. The van der Waals surface area contributed by atoms with E-state index in [4.69, 9.17) is 4.74 Å². The molecule has 3 nitrogen and oxygen atoms in total. The first-order valence-electron chi connectivity index (χ1n) is 7.39. The first kappa shape index (κ1) is 13.1. The molecule has 0 atom stereocenters. The zero-order chi connectivity index (χ0) is 13.8. The Labute approximate surface area is 119 Å². The summed E-state index contributed by atoms with van der Waals surface area (Å²) >= 11 is 0. The van der Waals surface area contributed by atoms with E-state index in [0.29, 0.717) is 5.56 Å². The normalized spacial score (nSPS) is 17.5. The summed E-state index contributed by atoms with van der Waals surface area (Å²) in [6.07, 6.45) is 5.63. The Hall–Kier alpha value is -1.95. The fraction of sp³-hybridized carbons (Fsp3) is 0.471. The van der Waals surface area contributed by atoms with E-state index in [0.717, 1.165) is 43.9 Å². The van der Waals surface area contributed by atoms with Crippen LogP contribution >= 0.6 is 0 Å².